The van der Waals surface area contributed by atoms with Gasteiger partial charge < -0.3 is 0 Å². The molecule has 1 aromatic heterocycles. The molecule has 0 fully saturated rings. The van der Waals surface area contributed by atoms with Gasteiger partial charge in [0.2, 0.25) is 0 Å². The molecule has 0 N–H and O–H groups in total. The van der Waals surface area contributed by atoms with E-state index in [4.69, 9.17) is 5.26 Å². The fraction of sp³-hybridized carbons (Fsp3) is 0.333. The summed E-state index contributed by atoms with van der Waals surface area (Å²) in [6.07, 6.45) is 2.19. The van der Waals surface area contributed by atoms with E-state index < -0.39 is 0 Å². The average molecular weight is 239 g/mol. The predicted molar refractivity (Wildman–Crippen MR) is 71.7 cm³/mol. The molecule has 0 radical (unpaired) electrons. The van der Waals surface area contributed by atoms with Crippen molar-refractivity contribution in [2.45, 2.75) is 33.1 Å². The van der Waals surface area contributed by atoms with Crippen molar-refractivity contribution >= 4 is 0 Å². The van der Waals surface area contributed by atoms with Crippen LogP contribution in [0.3, 0.4) is 0 Å². The lowest BCUT2D eigenvalue weighted by Crippen LogP contribution is -2.00. The highest BCUT2D eigenvalue weighted by Gasteiger charge is 2.08. The van der Waals surface area contributed by atoms with Gasteiger partial charge in [0.1, 0.15) is 0 Å². The molecule has 0 aliphatic carbocycles. The molecule has 0 saturated heterocycles. The minimum Gasteiger partial charge on any atom is -0.238 e. The number of hydrogen-bond donors (Lipinski definition) is 0. The Labute approximate surface area is 108 Å². The Hall–Kier alpha value is -2.08. The molecule has 3 nitrogen and oxygen atoms in total. The van der Waals surface area contributed by atoms with Crippen LogP contribution in [0, 0.1) is 18.3 Å². The monoisotopic (exact) mass is 239 g/mol. The van der Waals surface area contributed by atoms with Crippen LogP contribution in [0.4, 0.5) is 0 Å². The van der Waals surface area contributed by atoms with Crippen molar-refractivity contribution in [2.75, 3.05) is 0 Å². The summed E-state index contributed by atoms with van der Waals surface area (Å²) < 4.78 is 1.89. The highest BCUT2D eigenvalue weighted by Crippen LogP contribution is 2.18. The van der Waals surface area contributed by atoms with Crippen molar-refractivity contribution in [2.24, 2.45) is 0 Å². The summed E-state index contributed by atoms with van der Waals surface area (Å²) in [5, 5.41) is 13.1. The third-order valence-corrected chi connectivity index (χ3v) is 3.19. The lowest BCUT2D eigenvalue weighted by molar-refractivity contribution is 0.835. The van der Waals surface area contributed by atoms with E-state index in [2.05, 4.69) is 49.3 Å². The van der Waals surface area contributed by atoms with Crippen LogP contribution >= 0.6 is 0 Å². The molecule has 0 amide bonds. The summed E-state index contributed by atoms with van der Waals surface area (Å²) in [5.41, 5.74) is 4.39. The van der Waals surface area contributed by atoms with Gasteiger partial charge in [-0.1, -0.05) is 26.0 Å². The number of hydrogen-bond acceptors (Lipinski definition) is 2. The fourth-order valence-electron chi connectivity index (χ4n) is 1.96. The van der Waals surface area contributed by atoms with Crippen LogP contribution in [0.2, 0.25) is 0 Å². The molecule has 0 unspecified atom stereocenters. The van der Waals surface area contributed by atoms with Crippen molar-refractivity contribution in [3.05, 3.63) is 47.3 Å². The number of nitrogens with zero attached hydrogens (tertiary/aromatic N) is 3. The molecule has 3 heteroatoms. The van der Waals surface area contributed by atoms with E-state index in [-0.39, 0.29) is 0 Å². The Bertz CT molecular complexity index is 571. The molecule has 0 atom stereocenters. The summed E-state index contributed by atoms with van der Waals surface area (Å²) in [6.45, 7) is 6.36. The molecule has 2 rings (SSSR count). The smallest absolute Gasteiger partial charge is 0.0671 e. The molecular weight excluding hydrogens is 222 g/mol. The second-order valence-electron chi connectivity index (χ2n) is 4.75. The van der Waals surface area contributed by atoms with E-state index in [1.807, 2.05) is 11.6 Å². The maximum Gasteiger partial charge on any atom is 0.0671 e. The molecule has 0 bridgehead atoms. The maximum absolute atomic E-state index is 8.73. The molecular formula is C15H17N3. The Kier molecular flexibility index (Phi) is 3.47. The Morgan fingerprint density at radius 2 is 1.94 bits per heavy atom. The summed E-state index contributed by atoms with van der Waals surface area (Å²) in [7, 11) is 0. The Morgan fingerprint density at radius 3 is 2.50 bits per heavy atom. The van der Waals surface area contributed by atoms with Gasteiger partial charge in [-0.3, -0.25) is 0 Å². The van der Waals surface area contributed by atoms with Crippen LogP contribution in [0.5, 0.6) is 0 Å². The van der Waals surface area contributed by atoms with Crippen molar-refractivity contribution in [1.82, 2.24) is 9.78 Å². The summed E-state index contributed by atoms with van der Waals surface area (Å²) in [5.74, 6) is 0.534. The van der Waals surface area contributed by atoms with E-state index >= 15 is 0 Å². The number of rotatable bonds is 3. The normalized spacial score (nSPS) is 10.6. The van der Waals surface area contributed by atoms with Crippen LogP contribution in [0.15, 0.2) is 30.5 Å². The van der Waals surface area contributed by atoms with E-state index in [9.17, 15) is 0 Å². The standard InChI is InChI=1S/C15H17N3/c1-11(2)13-4-6-15(7-5-13)18-12(3)14(8-9-16)10-17-18/h4-7,10-11H,8H2,1-3H3. The van der Waals surface area contributed by atoms with Crippen LogP contribution in [-0.4, -0.2) is 9.78 Å². The summed E-state index contributed by atoms with van der Waals surface area (Å²) in [6, 6.07) is 10.6. The predicted octanol–water partition coefficient (Wildman–Crippen LogP) is 3.37. The van der Waals surface area contributed by atoms with Crippen LogP contribution < -0.4 is 0 Å². The van der Waals surface area contributed by atoms with Gasteiger partial charge in [-0.15, -0.1) is 0 Å². The number of nitriles is 1. The van der Waals surface area contributed by atoms with Crippen molar-refractivity contribution < 1.29 is 0 Å². The largest absolute Gasteiger partial charge is 0.238 e. The Morgan fingerprint density at radius 1 is 1.28 bits per heavy atom. The molecule has 1 heterocycles. The second-order valence-corrected chi connectivity index (χ2v) is 4.75. The van der Waals surface area contributed by atoms with Gasteiger partial charge in [-0.25, -0.2) is 4.68 Å². The molecule has 18 heavy (non-hydrogen) atoms. The van der Waals surface area contributed by atoms with Crippen molar-refractivity contribution in [1.29, 1.82) is 5.26 Å². The van der Waals surface area contributed by atoms with Gasteiger partial charge in [0.05, 0.1) is 24.4 Å². The zero-order valence-electron chi connectivity index (χ0n) is 11.0. The zero-order chi connectivity index (χ0) is 13.1. The van der Waals surface area contributed by atoms with E-state index in [1.54, 1.807) is 6.20 Å². The van der Waals surface area contributed by atoms with Gasteiger partial charge in [0.15, 0.2) is 0 Å². The first-order chi connectivity index (χ1) is 8.63. The first-order valence-corrected chi connectivity index (χ1v) is 6.14. The van der Waals surface area contributed by atoms with Crippen molar-refractivity contribution in [3.63, 3.8) is 0 Å². The molecule has 0 spiro atoms. The number of aromatic nitrogens is 2. The van der Waals surface area contributed by atoms with Gasteiger partial charge in [-0.2, -0.15) is 10.4 Å². The first kappa shape index (κ1) is 12.4. The lowest BCUT2D eigenvalue weighted by Gasteiger charge is -2.08. The quantitative estimate of drug-likeness (QED) is 0.824. The highest BCUT2D eigenvalue weighted by molar-refractivity contribution is 5.38. The van der Waals surface area contributed by atoms with Gasteiger partial charge in [0.25, 0.3) is 0 Å². The maximum atomic E-state index is 8.73. The van der Waals surface area contributed by atoms with Crippen molar-refractivity contribution in [3.8, 4) is 11.8 Å². The summed E-state index contributed by atoms with van der Waals surface area (Å²) >= 11 is 0. The zero-order valence-corrected chi connectivity index (χ0v) is 11.0. The fourth-order valence-corrected chi connectivity index (χ4v) is 1.96. The molecule has 2 aromatic rings. The minimum absolute atomic E-state index is 0.413. The van der Waals surface area contributed by atoms with E-state index in [1.165, 1.54) is 5.56 Å². The molecule has 1 aromatic carbocycles. The topological polar surface area (TPSA) is 41.6 Å². The Balaban J connectivity index is 2.34. The molecule has 0 aliphatic rings. The lowest BCUT2D eigenvalue weighted by atomic mass is 10.0. The summed E-state index contributed by atoms with van der Waals surface area (Å²) in [4.78, 5) is 0. The van der Waals surface area contributed by atoms with Crippen LogP contribution in [0.25, 0.3) is 5.69 Å². The number of benzene rings is 1. The van der Waals surface area contributed by atoms with Gasteiger partial charge >= 0.3 is 0 Å². The van der Waals surface area contributed by atoms with E-state index in [0.29, 0.717) is 12.3 Å². The SMILES string of the molecule is Cc1c(CC#N)cnn1-c1ccc(C(C)C)cc1. The van der Waals surface area contributed by atoms with Crippen LogP contribution in [0.1, 0.15) is 36.6 Å². The highest BCUT2D eigenvalue weighted by atomic mass is 15.3. The average Bonchev–Trinajstić information content (AvgIpc) is 2.72. The first-order valence-electron chi connectivity index (χ1n) is 6.14. The van der Waals surface area contributed by atoms with Gasteiger partial charge in [-0.05, 0) is 30.5 Å². The van der Waals surface area contributed by atoms with Crippen LogP contribution in [-0.2, 0) is 6.42 Å². The van der Waals surface area contributed by atoms with Gasteiger partial charge in [0, 0.05) is 11.3 Å². The molecule has 92 valence electrons. The second kappa shape index (κ2) is 5.05. The minimum atomic E-state index is 0.413. The van der Waals surface area contributed by atoms with E-state index in [0.717, 1.165) is 16.9 Å². The third-order valence-electron chi connectivity index (χ3n) is 3.19. The molecule has 0 saturated carbocycles. The third kappa shape index (κ3) is 2.28. The molecule has 0 aliphatic heterocycles.